The number of nitrogens with two attached hydrogens (primary N) is 1. The van der Waals surface area contributed by atoms with Crippen LogP contribution in [-0.4, -0.2) is 143 Å². The SMILES string of the molecule is CCC(C)C(C1CC(N2CCC[C@H]2[C@@H]2OC=C(N[C@@H](Cc3ccccc3)C(=O)NCCOCCOCCN)[C@@H]2C)=CO1)N(C)C(=O)CNC(=O)C(C(C)C)N(C)C. The molecule has 0 spiro atoms. The van der Waals surface area contributed by atoms with Crippen molar-refractivity contribution in [1.29, 1.82) is 0 Å². The van der Waals surface area contributed by atoms with E-state index >= 15 is 0 Å². The molecule has 320 valence electrons. The number of hydrogen-bond acceptors (Lipinski definition) is 11. The molecule has 3 heterocycles. The van der Waals surface area contributed by atoms with Gasteiger partial charge in [0.15, 0.2) is 0 Å². The molecule has 0 bridgehead atoms. The van der Waals surface area contributed by atoms with Crippen LogP contribution in [0.5, 0.6) is 0 Å². The topological polar surface area (TPSA) is 160 Å². The van der Waals surface area contributed by atoms with Crippen molar-refractivity contribution in [3.05, 3.63) is 59.8 Å². The summed E-state index contributed by atoms with van der Waals surface area (Å²) in [6.07, 6.45) is 7.43. The van der Waals surface area contributed by atoms with Gasteiger partial charge in [-0.25, -0.2) is 0 Å². The van der Waals surface area contributed by atoms with Crippen molar-refractivity contribution in [2.45, 2.75) is 103 Å². The number of likely N-dealkylation sites (tertiary alicyclic amines) is 1. The molecule has 1 aromatic carbocycles. The number of ether oxygens (including phenoxy) is 4. The van der Waals surface area contributed by atoms with Crippen LogP contribution in [0.2, 0.25) is 0 Å². The summed E-state index contributed by atoms with van der Waals surface area (Å²) in [5.74, 6) is -0.0756. The first kappa shape index (κ1) is 45.8. The van der Waals surface area contributed by atoms with Gasteiger partial charge in [-0.05, 0) is 44.3 Å². The Morgan fingerprint density at radius 1 is 0.965 bits per heavy atom. The van der Waals surface area contributed by atoms with Crippen molar-refractivity contribution in [2.24, 2.45) is 23.5 Å². The number of hydrogen-bond donors (Lipinski definition) is 4. The average molecular weight is 798 g/mol. The molecule has 0 saturated carbocycles. The zero-order valence-electron chi connectivity index (χ0n) is 35.7. The van der Waals surface area contributed by atoms with Crippen molar-refractivity contribution in [2.75, 3.05) is 73.7 Å². The molecule has 5 N–H and O–H groups in total. The predicted molar refractivity (Wildman–Crippen MR) is 222 cm³/mol. The van der Waals surface area contributed by atoms with E-state index in [1.165, 1.54) is 0 Å². The Bertz CT molecular complexity index is 1470. The van der Waals surface area contributed by atoms with E-state index < -0.39 is 6.04 Å². The van der Waals surface area contributed by atoms with Gasteiger partial charge >= 0.3 is 0 Å². The number of carbonyl (C=O) groups excluding carboxylic acids is 3. The molecule has 14 heteroatoms. The van der Waals surface area contributed by atoms with E-state index in [1.807, 2.05) is 76.5 Å². The maximum absolute atomic E-state index is 13.6. The minimum atomic E-state index is -0.502. The Hall–Kier alpha value is -3.85. The first-order valence-electron chi connectivity index (χ1n) is 21.0. The predicted octanol–water partition coefficient (Wildman–Crippen LogP) is 2.84. The van der Waals surface area contributed by atoms with Gasteiger partial charge in [0.25, 0.3) is 0 Å². The fourth-order valence-electron chi connectivity index (χ4n) is 8.45. The number of rotatable bonds is 24. The van der Waals surface area contributed by atoms with Gasteiger partial charge in [-0.2, -0.15) is 0 Å². The molecular weight excluding hydrogens is 727 g/mol. The molecule has 4 rings (SSSR count). The van der Waals surface area contributed by atoms with Crippen molar-refractivity contribution >= 4 is 17.7 Å². The molecular formula is C43H71N7O7. The lowest BCUT2D eigenvalue weighted by Gasteiger charge is -2.37. The minimum Gasteiger partial charge on any atom is -0.494 e. The first-order chi connectivity index (χ1) is 27.4. The molecule has 4 unspecified atom stereocenters. The zero-order chi connectivity index (χ0) is 41.5. The highest BCUT2D eigenvalue weighted by Gasteiger charge is 2.44. The second-order valence-electron chi connectivity index (χ2n) is 16.3. The van der Waals surface area contributed by atoms with Gasteiger partial charge in [0.05, 0.1) is 62.5 Å². The van der Waals surface area contributed by atoms with Gasteiger partial charge in [-0.3, -0.25) is 19.3 Å². The summed E-state index contributed by atoms with van der Waals surface area (Å²) in [5, 5.41) is 9.48. The standard InChI is InChI=1S/C43H71N7O7/c1-9-30(4)40(49(8)38(51)26-46-43(53)39(29(2)3)48(6)7)37-25-33(27-56-37)50-19-13-16-36(50)41-31(5)35(28-57-41)47-34(24-32-14-11-10-12-15-32)42(52)45-18-21-55-23-22-54-20-17-44/h10-12,14-15,27-31,34,36-37,39-41,47H,9,13,16-26,44H2,1-8H3,(H,45,52)(H,46,53)/t30?,31-,34-,36-,37?,39?,40?,41+/m0/s1. The number of nitrogens with zero attached hydrogens (tertiary/aromatic N) is 3. The highest BCUT2D eigenvalue weighted by atomic mass is 16.5. The van der Waals surface area contributed by atoms with Crippen LogP contribution in [0.1, 0.15) is 65.9 Å². The largest absolute Gasteiger partial charge is 0.494 e. The third-order valence-corrected chi connectivity index (χ3v) is 11.6. The van der Waals surface area contributed by atoms with Gasteiger partial charge < -0.3 is 50.4 Å². The van der Waals surface area contributed by atoms with Crippen LogP contribution < -0.4 is 21.7 Å². The van der Waals surface area contributed by atoms with E-state index in [1.54, 1.807) is 11.2 Å². The van der Waals surface area contributed by atoms with Crippen molar-refractivity contribution < 1.29 is 33.3 Å². The van der Waals surface area contributed by atoms with E-state index in [4.69, 9.17) is 24.7 Å². The summed E-state index contributed by atoms with van der Waals surface area (Å²) >= 11 is 0. The van der Waals surface area contributed by atoms with E-state index in [0.717, 1.165) is 42.8 Å². The van der Waals surface area contributed by atoms with Crippen LogP contribution in [0, 0.1) is 17.8 Å². The normalized spacial score (nSPS) is 22.6. The zero-order valence-corrected chi connectivity index (χ0v) is 35.7. The van der Waals surface area contributed by atoms with Gasteiger partial charge in [0.1, 0.15) is 30.8 Å². The van der Waals surface area contributed by atoms with Crippen molar-refractivity contribution in [3.63, 3.8) is 0 Å². The van der Waals surface area contributed by atoms with Crippen LogP contribution >= 0.6 is 0 Å². The van der Waals surface area contributed by atoms with Crippen molar-refractivity contribution in [3.8, 4) is 0 Å². The second kappa shape index (κ2) is 22.9. The Balaban J connectivity index is 1.35. The van der Waals surface area contributed by atoms with Gasteiger partial charge in [0.2, 0.25) is 17.7 Å². The smallest absolute Gasteiger partial charge is 0.242 e. The molecule has 0 aliphatic carbocycles. The van der Waals surface area contributed by atoms with Crippen LogP contribution in [0.3, 0.4) is 0 Å². The van der Waals surface area contributed by atoms with Crippen molar-refractivity contribution in [1.82, 2.24) is 30.7 Å². The monoisotopic (exact) mass is 798 g/mol. The van der Waals surface area contributed by atoms with E-state index in [9.17, 15) is 14.4 Å². The highest BCUT2D eigenvalue weighted by molar-refractivity contribution is 5.87. The van der Waals surface area contributed by atoms with Crippen LogP contribution in [0.4, 0.5) is 0 Å². The number of likely N-dealkylation sites (N-methyl/N-ethyl adjacent to an activating group) is 2. The van der Waals surface area contributed by atoms with E-state index in [0.29, 0.717) is 52.4 Å². The summed E-state index contributed by atoms with van der Waals surface area (Å²) in [6.45, 7) is 13.9. The fourth-order valence-corrected chi connectivity index (χ4v) is 8.45. The van der Waals surface area contributed by atoms with E-state index in [-0.39, 0.29) is 72.4 Å². The van der Waals surface area contributed by atoms with Gasteiger partial charge in [-0.15, -0.1) is 0 Å². The number of carbonyl (C=O) groups is 3. The first-order valence-corrected chi connectivity index (χ1v) is 21.0. The third-order valence-electron chi connectivity index (χ3n) is 11.6. The third kappa shape index (κ3) is 12.8. The molecule has 57 heavy (non-hydrogen) atoms. The molecule has 0 aromatic heterocycles. The molecule has 3 aliphatic rings. The lowest BCUT2D eigenvalue weighted by Crippen LogP contribution is -2.53. The molecule has 1 aromatic rings. The number of nitrogens with one attached hydrogen (secondary N) is 3. The maximum atomic E-state index is 13.6. The summed E-state index contributed by atoms with van der Waals surface area (Å²) in [6, 6.07) is 9.14. The quantitative estimate of drug-likeness (QED) is 0.114. The lowest BCUT2D eigenvalue weighted by molar-refractivity contribution is -0.137. The maximum Gasteiger partial charge on any atom is 0.242 e. The summed E-state index contributed by atoms with van der Waals surface area (Å²) in [5.41, 5.74) is 8.53. The highest BCUT2D eigenvalue weighted by Crippen LogP contribution is 2.39. The second-order valence-corrected chi connectivity index (χ2v) is 16.3. The van der Waals surface area contributed by atoms with E-state index in [2.05, 4.69) is 41.6 Å². The Morgan fingerprint density at radius 3 is 2.35 bits per heavy atom. The average Bonchev–Trinajstić information content (AvgIpc) is 3.95. The fraction of sp³-hybridized carbons (Fsp3) is 0.698. The molecule has 8 atom stereocenters. The summed E-state index contributed by atoms with van der Waals surface area (Å²) in [4.78, 5) is 46.2. The molecule has 3 amide bonds. The lowest BCUT2D eigenvalue weighted by atomic mass is 9.90. The molecule has 3 aliphatic heterocycles. The molecule has 0 radical (unpaired) electrons. The Morgan fingerprint density at radius 2 is 1.68 bits per heavy atom. The Labute approximate surface area is 341 Å². The van der Waals surface area contributed by atoms with Gasteiger partial charge in [0, 0.05) is 45.4 Å². The molecule has 1 saturated heterocycles. The molecule has 14 nitrogen and oxygen atoms in total. The van der Waals surface area contributed by atoms with Gasteiger partial charge in [-0.1, -0.05) is 71.4 Å². The molecule has 1 fully saturated rings. The van der Waals surface area contributed by atoms with Crippen LogP contribution in [0.15, 0.2) is 54.3 Å². The summed E-state index contributed by atoms with van der Waals surface area (Å²) in [7, 11) is 5.58. The minimum absolute atomic E-state index is 0.0202. The van der Waals surface area contributed by atoms with Crippen LogP contribution in [-0.2, 0) is 39.8 Å². The number of benzene rings is 1. The number of amides is 3. The van der Waals surface area contributed by atoms with Crippen LogP contribution in [0.25, 0.3) is 0 Å². The Kier molecular flexibility index (Phi) is 18.4. The summed E-state index contributed by atoms with van der Waals surface area (Å²) < 4.78 is 23.8.